The van der Waals surface area contributed by atoms with Crippen molar-refractivity contribution >= 4 is 33.7 Å². The molecule has 0 unspecified atom stereocenters. The van der Waals surface area contributed by atoms with Crippen molar-refractivity contribution < 1.29 is 19.1 Å². The van der Waals surface area contributed by atoms with E-state index >= 15 is 0 Å². The molecule has 170 valence electrons. The van der Waals surface area contributed by atoms with Gasteiger partial charge in [-0.25, -0.2) is 4.79 Å². The van der Waals surface area contributed by atoms with Crippen molar-refractivity contribution in [2.45, 2.75) is 32.9 Å². The van der Waals surface area contributed by atoms with Crippen LogP contribution in [-0.4, -0.2) is 35.7 Å². The summed E-state index contributed by atoms with van der Waals surface area (Å²) in [5.41, 5.74) is 3.30. The Morgan fingerprint density at radius 2 is 1.52 bits per heavy atom. The third-order valence-corrected chi connectivity index (χ3v) is 5.58. The number of hydrogen-bond acceptors (Lipinski definition) is 4. The van der Waals surface area contributed by atoms with Gasteiger partial charge in [-0.15, -0.1) is 0 Å². The molecule has 1 atom stereocenters. The molecule has 1 N–H and O–H groups in total. The second-order valence-electron chi connectivity index (χ2n) is 7.89. The van der Waals surface area contributed by atoms with Crippen molar-refractivity contribution in [1.29, 1.82) is 0 Å². The maximum absolute atomic E-state index is 12.1. The molecule has 0 bridgehead atoms. The molecule has 0 spiro atoms. The van der Waals surface area contributed by atoms with Gasteiger partial charge in [0.25, 0.3) is 0 Å². The third-order valence-electron chi connectivity index (χ3n) is 5.58. The highest BCUT2D eigenvalue weighted by atomic mass is 16.5. The quantitative estimate of drug-likeness (QED) is 0.387. The van der Waals surface area contributed by atoms with Gasteiger partial charge in [-0.05, 0) is 36.8 Å². The van der Waals surface area contributed by atoms with Gasteiger partial charge in [0.15, 0.2) is 0 Å². The largest absolute Gasteiger partial charge is 0.492 e. The number of ether oxygens (including phenoxy) is 2. The van der Waals surface area contributed by atoms with Gasteiger partial charge < -0.3 is 19.4 Å². The molecule has 0 saturated heterocycles. The molecule has 33 heavy (non-hydrogen) atoms. The van der Waals surface area contributed by atoms with Crippen LogP contribution in [0.5, 0.6) is 5.75 Å². The second-order valence-corrected chi connectivity index (χ2v) is 7.89. The molecule has 3 aromatic carbocycles. The molecular formula is C27H28N2O4. The first-order valence-electron chi connectivity index (χ1n) is 11.2. The number of benzene rings is 3. The number of amides is 1. The molecule has 0 radical (unpaired) electrons. The smallest absolute Gasteiger partial charge is 0.328 e. The van der Waals surface area contributed by atoms with Gasteiger partial charge in [-0.2, -0.15) is 0 Å². The zero-order valence-corrected chi connectivity index (χ0v) is 18.9. The standard InChI is InChI=1S/C27H28N2O4/c1-3-32-27(31)24(28-19(2)30)18-20-12-14-21(15-13-20)33-17-16-29-25-10-6-4-8-22(25)23-9-5-7-11-26(23)29/h4-15,24H,3,16-18H2,1-2H3,(H,28,30)/t24-/m0/s1. The summed E-state index contributed by atoms with van der Waals surface area (Å²) in [6.45, 7) is 4.66. The van der Waals surface area contributed by atoms with Crippen LogP contribution in [0.1, 0.15) is 19.4 Å². The van der Waals surface area contributed by atoms with Crippen LogP contribution in [0.4, 0.5) is 0 Å². The van der Waals surface area contributed by atoms with Crippen molar-refractivity contribution in [2.24, 2.45) is 0 Å². The Bertz CT molecular complexity index is 1210. The van der Waals surface area contributed by atoms with E-state index in [9.17, 15) is 9.59 Å². The molecule has 4 rings (SSSR count). The Morgan fingerprint density at radius 3 is 2.09 bits per heavy atom. The van der Waals surface area contributed by atoms with Crippen molar-refractivity contribution in [3.8, 4) is 5.75 Å². The highest BCUT2D eigenvalue weighted by molar-refractivity contribution is 6.07. The molecule has 0 aliphatic carbocycles. The van der Waals surface area contributed by atoms with E-state index < -0.39 is 12.0 Å². The number of esters is 1. The number of carbonyl (C=O) groups is 2. The third kappa shape index (κ3) is 5.17. The van der Waals surface area contributed by atoms with E-state index in [1.807, 2.05) is 24.3 Å². The molecule has 6 nitrogen and oxygen atoms in total. The topological polar surface area (TPSA) is 69.6 Å². The molecule has 1 amide bonds. The Morgan fingerprint density at radius 1 is 0.909 bits per heavy atom. The van der Waals surface area contributed by atoms with Crippen molar-refractivity contribution in [2.75, 3.05) is 13.2 Å². The average Bonchev–Trinajstić information content (AvgIpc) is 3.14. The van der Waals surface area contributed by atoms with Crippen LogP contribution >= 0.6 is 0 Å². The zero-order valence-electron chi connectivity index (χ0n) is 18.9. The SMILES string of the molecule is CCOC(=O)[C@H](Cc1ccc(OCCn2c3ccccc3c3ccccc32)cc1)NC(C)=O. The number of para-hydroxylation sites is 2. The Hall–Kier alpha value is -3.80. The lowest BCUT2D eigenvalue weighted by Gasteiger charge is -2.16. The molecule has 0 aliphatic rings. The normalized spacial score (nSPS) is 11.9. The van der Waals surface area contributed by atoms with Crippen molar-refractivity contribution in [3.05, 3.63) is 78.4 Å². The maximum Gasteiger partial charge on any atom is 0.328 e. The van der Waals surface area contributed by atoms with Gasteiger partial charge in [-0.3, -0.25) is 4.79 Å². The van der Waals surface area contributed by atoms with Crippen molar-refractivity contribution in [3.63, 3.8) is 0 Å². The first-order valence-corrected chi connectivity index (χ1v) is 11.2. The number of rotatable bonds is 9. The molecule has 1 heterocycles. The van der Waals surface area contributed by atoms with E-state index in [0.29, 0.717) is 13.0 Å². The van der Waals surface area contributed by atoms with Gasteiger partial charge >= 0.3 is 5.97 Å². The van der Waals surface area contributed by atoms with Crippen LogP contribution in [0.3, 0.4) is 0 Å². The van der Waals surface area contributed by atoms with Crippen LogP contribution < -0.4 is 10.1 Å². The summed E-state index contributed by atoms with van der Waals surface area (Å²) in [6.07, 6.45) is 0.361. The van der Waals surface area contributed by atoms with E-state index in [4.69, 9.17) is 9.47 Å². The lowest BCUT2D eigenvalue weighted by molar-refractivity contribution is -0.147. The first kappa shape index (κ1) is 22.4. The summed E-state index contributed by atoms with van der Waals surface area (Å²) in [7, 11) is 0. The average molecular weight is 445 g/mol. The summed E-state index contributed by atoms with van der Waals surface area (Å²) >= 11 is 0. The van der Waals surface area contributed by atoms with E-state index in [2.05, 4.69) is 58.4 Å². The van der Waals surface area contributed by atoms with E-state index in [-0.39, 0.29) is 12.5 Å². The molecule has 0 aliphatic heterocycles. The molecular weight excluding hydrogens is 416 g/mol. The van der Waals surface area contributed by atoms with Gasteiger partial charge in [0.05, 0.1) is 13.2 Å². The molecule has 1 aromatic heterocycles. The number of fused-ring (bicyclic) bond motifs is 3. The van der Waals surface area contributed by atoms with Crippen LogP contribution in [-0.2, 0) is 27.3 Å². The number of nitrogens with zero attached hydrogens (tertiary/aromatic N) is 1. The van der Waals surface area contributed by atoms with Gasteiger partial charge in [-0.1, -0.05) is 48.5 Å². The number of carbonyl (C=O) groups excluding carboxylic acids is 2. The van der Waals surface area contributed by atoms with Crippen LogP contribution in [0.25, 0.3) is 21.8 Å². The van der Waals surface area contributed by atoms with Gasteiger partial charge in [0.2, 0.25) is 5.91 Å². The van der Waals surface area contributed by atoms with E-state index in [1.165, 1.54) is 28.7 Å². The predicted octanol–water partition coefficient (Wildman–Crippen LogP) is 4.48. The Labute approximate surface area is 193 Å². The molecule has 0 saturated carbocycles. The van der Waals surface area contributed by atoms with Crippen LogP contribution in [0.2, 0.25) is 0 Å². The second kappa shape index (κ2) is 10.2. The maximum atomic E-state index is 12.1. The number of aromatic nitrogens is 1. The summed E-state index contributed by atoms with van der Waals surface area (Å²) in [6, 6.07) is 23.7. The Balaban J connectivity index is 1.41. The highest BCUT2D eigenvalue weighted by Gasteiger charge is 2.21. The number of hydrogen-bond donors (Lipinski definition) is 1. The molecule has 0 fully saturated rings. The van der Waals surface area contributed by atoms with Gasteiger partial charge in [0, 0.05) is 35.2 Å². The minimum atomic E-state index is -0.704. The fourth-order valence-electron chi connectivity index (χ4n) is 4.14. The minimum Gasteiger partial charge on any atom is -0.492 e. The summed E-state index contributed by atoms with van der Waals surface area (Å²) in [5.74, 6) is 0.0593. The van der Waals surface area contributed by atoms with Crippen molar-refractivity contribution in [1.82, 2.24) is 9.88 Å². The Kier molecular flexibility index (Phi) is 6.93. The minimum absolute atomic E-state index is 0.266. The summed E-state index contributed by atoms with van der Waals surface area (Å²) < 4.78 is 13.4. The lowest BCUT2D eigenvalue weighted by Crippen LogP contribution is -2.42. The summed E-state index contributed by atoms with van der Waals surface area (Å²) in [5, 5.41) is 5.15. The van der Waals surface area contributed by atoms with E-state index in [1.54, 1.807) is 6.92 Å². The summed E-state index contributed by atoms with van der Waals surface area (Å²) in [4.78, 5) is 23.6. The lowest BCUT2D eigenvalue weighted by atomic mass is 10.1. The first-order chi connectivity index (χ1) is 16.1. The zero-order chi connectivity index (χ0) is 23.2. The molecule has 6 heteroatoms. The van der Waals surface area contributed by atoms with E-state index in [0.717, 1.165) is 17.9 Å². The van der Waals surface area contributed by atoms with Crippen LogP contribution in [0.15, 0.2) is 72.8 Å². The monoisotopic (exact) mass is 444 g/mol. The van der Waals surface area contributed by atoms with Gasteiger partial charge in [0.1, 0.15) is 18.4 Å². The fraction of sp³-hybridized carbons (Fsp3) is 0.259. The fourth-order valence-corrected chi connectivity index (χ4v) is 4.14. The predicted molar refractivity (Wildman–Crippen MR) is 129 cm³/mol. The van der Waals surface area contributed by atoms with Crippen LogP contribution in [0, 0.1) is 0 Å². The highest BCUT2D eigenvalue weighted by Crippen LogP contribution is 2.28. The molecule has 4 aromatic rings. The number of nitrogens with one attached hydrogen (secondary N) is 1.